The van der Waals surface area contributed by atoms with Gasteiger partial charge in [-0.15, -0.1) is 0 Å². The van der Waals surface area contributed by atoms with E-state index in [0.717, 1.165) is 12.5 Å². The Morgan fingerprint density at radius 2 is 2.06 bits per heavy atom. The van der Waals surface area contributed by atoms with Crippen LogP contribution in [0.2, 0.25) is 0 Å². The maximum atomic E-state index is 3.60. The van der Waals surface area contributed by atoms with Crippen molar-refractivity contribution in [1.82, 2.24) is 15.5 Å². The Kier molecular flexibility index (Phi) is 7.01. The molecule has 1 aliphatic rings. The van der Waals surface area contributed by atoms with Crippen molar-refractivity contribution in [3.8, 4) is 0 Å². The number of piperidine rings is 1. The molecule has 1 atom stereocenters. The Morgan fingerprint density at radius 1 is 1.38 bits per heavy atom. The lowest BCUT2D eigenvalue weighted by molar-refractivity contribution is 0.247. The zero-order chi connectivity index (χ0) is 11.8. The molecule has 0 aromatic carbocycles. The van der Waals surface area contributed by atoms with Gasteiger partial charge in [0.1, 0.15) is 0 Å². The van der Waals surface area contributed by atoms with Crippen molar-refractivity contribution >= 4 is 0 Å². The largest absolute Gasteiger partial charge is 0.317 e. The van der Waals surface area contributed by atoms with E-state index in [4.69, 9.17) is 0 Å². The average Bonchev–Trinajstić information content (AvgIpc) is 2.34. The van der Waals surface area contributed by atoms with Crippen molar-refractivity contribution in [2.24, 2.45) is 5.92 Å². The van der Waals surface area contributed by atoms with Crippen LogP contribution >= 0.6 is 0 Å². The van der Waals surface area contributed by atoms with E-state index in [-0.39, 0.29) is 0 Å². The maximum absolute atomic E-state index is 3.60. The number of likely N-dealkylation sites (N-methyl/N-ethyl adjacent to an activating group) is 1. The predicted octanol–water partition coefficient (Wildman–Crippen LogP) is 1.31. The highest BCUT2D eigenvalue weighted by Gasteiger charge is 2.12. The Balaban J connectivity index is 1.98. The third-order valence-corrected chi connectivity index (χ3v) is 3.88. The van der Waals surface area contributed by atoms with Gasteiger partial charge in [-0.3, -0.25) is 0 Å². The first-order valence-corrected chi connectivity index (χ1v) is 6.85. The molecule has 3 heteroatoms. The van der Waals surface area contributed by atoms with Crippen LogP contribution in [0.5, 0.6) is 0 Å². The highest BCUT2D eigenvalue weighted by molar-refractivity contribution is 4.71. The van der Waals surface area contributed by atoms with Gasteiger partial charge in [0.15, 0.2) is 0 Å². The molecular weight excluding hydrogens is 198 g/mol. The zero-order valence-electron chi connectivity index (χ0n) is 11.3. The fraction of sp³-hybridized carbons (Fsp3) is 1.00. The van der Waals surface area contributed by atoms with Gasteiger partial charge in [0.05, 0.1) is 0 Å². The lowest BCUT2D eigenvalue weighted by Crippen LogP contribution is -2.38. The molecule has 1 rings (SSSR count). The van der Waals surface area contributed by atoms with Gasteiger partial charge in [0.2, 0.25) is 0 Å². The molecule has 1 heterocycles. The molecule has 1 fully saturated rings. The SMILES string of the molecule is CCC(C)N(C)CCNCC1CCNCC1. The van der Waals surface area contributed by atoms with E-state index >= 15 is 0 Å². The first-order valence-electron chi connectivity index (χ1n) is 6.85. The lowest BCUT2D eigenvalue weighted by atomic mass is 9.98. The molecule has 1 unspecified atom stereocenters. The van der Waals surface area contributed by atoms with Crippen LogP contribution < -0.4 is 10.6 Å². The van der Waals surface area contributed by atoms with Crippen molar-refractivity contribution in [3.05, 3.63) is 0 Å². The van der Waals surface area contributed by atoms with Crippen molar-refractivity contribution < 1.29 is 0 Å². The number of nitrogens with one attached hydrogen (secondary N) is 2. The van der Waals surface area contributed by atoms with Gasteiger partial charge in [-0.2, -0.15) is 0 Å². The molecule has 0 aromatic rings. The number of hydrogen-bond acceptors (Lipinski definition) is 3. The molecule has 0 amide bonds. The summed E-state index contributed by atoms with van der Waals surface area (Å²) in [5.41, 5.74) is 0. The summed E-state index contributed by atoms with van der Waals surface area (Å²) in [6.45, 7) is 10.5. The Bertz CT molecular complexity index is 163. The van der Waals surface area contributed by atoms with Crippen molar-refractivity contribution in [2.45, 2.75) is 39.2 Å². The molecule has 1 saturated heterocycles. The fourth-order valence-corrected chi connectivity index (χ4v) is 2.18. The van der Waals surface area contributed by atoms with Gasteiger partial charge in [0.25, 0.3) is 0 Å². The fourth-order valence-electron chi connectivity index (χ4n) is 2.18. The zero-order valence-corrected chi connectivity index (χ0v) is 11.3. The minimum absolute atomic E-state index is 0.709. The molecular formula is C13H29N3. The second kappa shape index (κ2) is 8.04. The first-order chi connectivity index (χ1) is 7.74. The summed E-state index contributed by atoms with van der Waals surface area (Å²) in [6.07, 6.45) is 3.92. The predicted molar refractivity (Wildman–Crippen MR) is 70.8 cm³/mol. The maximum Gasteiger partial charge on any atom is 0.0107 e. The summed E-state index contributed by atoms with van der Waals surface area (Å²) in [6, 6.07) is 0.709. The average molecular weight is 227 g/mol. The van der Waals surface area contributed by atoms with Crippen molar-refractivity contribution in [2.75, 3.05) is 39.8 Å². The van der Waals surface area contributed by atoms with Crippen LogP contribution in [0.4, 0.5) is 0 Å². The molecule has 0 radical (unpaired) electrons. The molecule has 2 N–H and O–H groups in total. The van der Waals surface area contributed by atoms with Gasteiger partial charge in [-0.25, -0.2) is 0 Å². The third kappa shape index (κ3) is 5.28. The molecule has 0 spiro atoms. The van der Waals surface area contributed by atoms with E-state index in [0.29, 0.717) is 6.04 Å². The molecule has 1 aliphatic heterocycles. The summed E-state index contributed by atoms with van der Waals surface area (Å²) in [5, 5.41) is 7.01. The minimum Gasteiger partial charge on any atom is -0.317 e. The van der Waals surface area contributed by atoms with Crippen LogP contribution in [-0.4, -0.2) is 50.7 Å². The van der Waals surface area contributed by atoms with E-state index < -0.39 is 0 Å². The van der Waals surface area contributed by atoms with Crippen LogP contribution in [0.15, 0.2) is 0 Å². The van der Waals surface area contributed by atoms with Gasteiger partial charge < -0.3 is 15.5 Å². The smallest absolute Gasteiger partial charge is 0.0107 e. The Labute approximate surface area is 101 Å². The molecule has 0 bridgehead atoms. The Morgan fingerprint density at radius 3 is 2.69 bits per heavy atom. The van der Waals surface area contributed by atoms with Crippen LogP contribution in [0.3, 0.4) is 0 Å². The molecule has 16 heavy (non-hydrogen) atoms. The summed E-state index contributed by atoms with van der Waals surface area (Å²) < 4.78 is 0. The van der Waals surface area contributed by atoms with E-state index in [1.807, 2.05) is 0 Å². The van der Waals surface area contributed by atoms with Crippen LogP contribution in [0, 0.1) is 5.92 Å². The van der Waals surface area contributed by atoms with Crippen LogP contribution in [-0.2, 0) is 0 Å². The van der Waals surface area contributed by atoms with E-state index in [1.54, 1.807) is 0 Å². The highest BCUT2D eigenvalue weighted by Crippen LogP contribution is 2.09. The lowest BCUT2D eigenvalue weighted by Gasteiger charge is -2.25. The third-order valence-electron chi connectivity index (χ3n) is 3.88. The quantitative estimate of drug-likeness (QED) is 0.642. The van der Waals surface area contributed by atoms with Gasteiger partial charge in [0, 0.05) is 19.1 Å². The van der Waals surface area contributed by atoms with Crippen LogP contribution in [0.1, 0.15) is 33.1 Å². The highest BCUT2D eigenvalue weighted by atomic mass is 15.1. The van der Waals surface area contributed by atoms with Crippen molar-refractivity contribution in [1.29, 1.82) is 0 Å². The van der Waals surface area contributed by atoms with Crippen molar-refractivity contribution in [3.63, 3.8) is 0 Å². The van der Waals surface area contributed by atoms with Gasteiger partial charge >= 0.3 is 0 Å². The summed E-state index contributed by atoms with van der Waals surface area (Å²) in [4.78, 5) is 2.44. The summed E-state index contributed by atoms with van der Waals surface area (Å²) in [7, 11) is 2.22. The van der Waals surface area contributed by atoms with E-state index in [1.165, 1.54) is 45.4 Å². The second-order valence-electron chi connectivity index (χ2n) is 5.14. The number of nitrogens with zero attached hydrogens (tertiary/aromatic N) is 1. The van der Waals surface area contributed by atoms with E-state index in [9.17, 15) is 0 Å². The molecule has 96 valence electrons. The standard InChI is InChI=1S/C13H29N3/c1-4-12(2)16(3)10-9-15-11-13-5-7-14-8-6-13/h12-15H,4-11H2,1-3H3. The first kappa shape index (κ1) is 13.9. The van der Waals surface area contributed by atoms with Gasteiger partial charge in [-0.05, 0) is 58.8 Å². The normalized spacial score (nSPS) is 20.2. The Hall–Kier alpha value is -0.120. The van der Waals surface area contributed by atoms with Gasteiger partial charge in [-0.1, -0.05) is 6.92 Å². The van der Waals surface area contributed by atoms with Crippen LogP contribution in [0.25, 0.3) is 0 Å². The van der Waals surface area contributed by atoms with E-state index in [2.05, 4.69) is 36.4 Å². The summed E-state index contributed by atoms with van der Waals surface area (Å²) >= 11 is 0. The molecule has 0 saturated carbocycles. The minimum atomic E-state index is 0.709. The summed E-state index contributed by atoms with van der Waals surface area (Å²) in [5.74, 6) is 0.898. The molecule has 0 aromatic heterocycles. The molecule has 0 aliphatic carbocycles. The topological polar surface area (TPSA) is 27.3 Å². The number of rotatable bonds is 7. The number of hydrogen-bond donors (Lipinski definition) is 2. The monoisotopic (exact) mass is 227 g/mol. The second-order valence-corrected chi connectivity index (χ2v) is 5.14. The molecule has 3 nitrogen and oxygen atoms in total.